The number of aromatic nitrogens is 2. The van der Waals surface area contributed by atoms with Gasteiger partial charge in [0.25, 0.3) is 5.91 Å². The molecule has 0 aliphatic rings. The molecule has 0 saturated heterocycles. The number of halogens is 1. The molecule has 0 atom stereocenters. The summed E-state index contributed by atoms with van der Waals surface area (Å²) in [6.07, 6.45) is 3.57. The lowest BCUT2D eigenvalue weighted by molar-refractivity contribution is 0.0618. The van der Waals surface area contributed by atoms with Crippen LogP contribution < -0.4 is 5.32 Å². The Hall–Kier alpha value is -3.39. The Balaban J connectivity index is 1.92. The van der Waals surface area contributed by atoms with Crippen LogP contribution in [0, 0.1) is 10.7 Å². The second-order valence-corrected chi connectivity index (χ2v) is 8.49. The Kier molecular flexibility index (Phi) is 8.06. The molecule has 0 radical (unpaired) electrons. The number of hydrogen-bond donors (Lipinski definition) is 1. The van der Waals surface area contributed by atoms with E-state index in [9.17, 15) is 14.1 Å². The summed E-state index contributed by atoms with van der Waals surface area (Å²) in [5, 5.41) is 5.62. The summed E-state index contributed by atoms with van der Waals surface area (Å²) in [5.41, 5.74) is 3.77. The minimum absolute atomic E-state index is 0.0159. The zero-order valence-corrected chi connectivity index (χ0v) is 19.3. The molecular formula is C25H29FN4O3. The van der Waals surface area contributed by atoms with Crippen LogP contribution in [-0.2, 0) is 24.4 Å². The topological polar surface area (TPSA) is 85.6 Å². The minimum Gasteiger partial charge on any atom is -0.373 e. The molecule has 3 aromatic rings. The summed E-state index contributed by atoms with van der Waals surface area (Å²) in [7, 11) is 0. The van der Waals surface area contributed by atoms with Crippen molar-refractivity contribution in [1.29, 1.82) is 0 Å². The van der Waals surface area contributed by atoms with E-state index in [2.05, 4.69) is 20.0 Å². The van der Waals surface area contributed by atoms with Crippen molar-refractivity contribution in [2.24, 2.45) is 5.18 Å². The number of nitrogens with zero attached hydrogens (tertiary/aromatic N) is 3. The summed E-state index contributed by atoms with van der Waals surface area (Å²) in [6.45, 7) is 9.00. The highest BCUT2D eigenvalue weighted by Crippen LogP contribution is 2.27. The molecule has 1 amide bonds. The summed E-state index contributed by atoms with van der Waals surface area (Å²) in [6, 6.07) is 9.50. The quantitative estimate of drug-likeness (QED) is 0.415. The number of carbonyl (C=O) groups is 1. The smallest absolute Gasteiger partial charge is 0.253 e. The molecule has 2 heterocycles. The Labute approximate surface area is 193 Å². The highest BCUT2D eigenvalue weighted by molar-refractivity contribution is 5.96. The van der Waals surface area contributed by atoms with Gasteiger partial charge < -0.3 is 14.6 Å². The first-order valence-electron chi connectivity index (χ1n) is 10.9. The Bertz CT molecular complexity index is 1110. The predicted molar refractivity (Wildman–Crippen MR) is 125 cm³/mol. The van der Waals surface area contributed by atoms with Crippen LogP contribution in [0.25, 0.3) is 0 Å². The highest BCUT2D eigenvalue weighted by Gasteiger charge is 2.23. The normalized spacial score (nSPS) is 11.2. The van der Waals surface area contributed by atoms with E-state index < -0.39 is 5.82 Å². The van der Waals surface area contributed by atoms with E-state index in [0.717, 1.165) is 23.0 Å². The van der Waals surface area contributed by atoms with E-state index in [4.69, 9.17) is 4.74 Å². The summed E-state index contributed by atoms with van der Waals surface area (Å²) < 4.78 is 21.7. The van der Waals surface area contributed by atoms with Gasteiger partial charge in [0.15, 0.2) is 0 Å². The average molecular weight is 453 g/mol. The van der Waals surface area contributed by atoms with Crippen LogP contribution >= 0.6 is 0 Å². The van der Waals surface area contributed by atoms with Crippen LogP contribution in [0.3, 0.4) is 0 Å². The van der Waals surface area contributed by atoms with Crippen molar-refractivity contribution in [3.05, 3.63) is 87.6 Å². The summed E-state index contributed by atoms with van der Waals surface area (Å²) in [4.78, 5) is 28.1. The number of amides is 1. The van der Waals surface area contributed by atoms with Gasteiger partial charge in [0.2, 0.25) is 0 Å². The number of rotatable bonds is 10. The van der Waals surface area contributed by atoms with Gasteiger partial charge >= 0.3 is 0 Å². The number of nitroso groups, excluding NO2 is 1. The van der Waals surface area contributed by atoms with Crippen LogP contribution in [0.15, 0.2) is 54.0 Å². The highest BCUT2D eigenvalue weighted by atomic mass is 19.1. The number of benzene rings is 1. The second-order valence-electron chi connectivity index (χ2n) is 8.49. The van der Waals surface area contributed by atoms with E-state index in [1.165, 1.54) is 12.1 Å². The fourth-order valence-electron chi connectivity index (χ4n) is 3.72. The molecule has 0 spiro atoms. The molecular weight excluding hydrogens is 423 g/mol. The largest absolute Gasteiger partial charge is 0.373 e. The molecule has 0 unspecified atom stereocenters. The molecule has 1 N–H and O–H groups in total. The van der Waals surface area contributed by atoms with E-state index >= 15 is 0 Å². The molecule has 0 aliphatic heterocycles. The number of ether oxygens (including phenoxy) is 1. The van der Waals surface area contributed by atoms with Gasteiger partial charge in [-0.25, -0.2) is 4.39 Å². The molecule has 0 fully saturated rings. The zero-order chi connectivity index (χ0) is 24.0. The molecule has 33 heavy (non-hydrogen) atoms. The van der Waals surface area contributed by atoms with Crippen LogP contribution in [0.1, 0.15) is 66.5 Å². The number of pyridine rings is 1. The molecule has 8 heteroatoms. The van der Waals surface area contributed by atoms with Gasteiger partial charge in [-0.15, -0.1) is 4.91 Å². The predicted octanol–water partition coefficient (Wildman–Crippen LogP) is 5.45. The van der Waals surface area contributed by atoms with Crippen molar-refractivity contribution in [3.8, 4) is 0 Å². The molecule has 7 nitrogen and oxygen atoms in total. The van der Waals surface area contributed by atoms with E-state index in [1.807, 2.05) is 45.9 Å². The first-order chi connectivity index (χ1) is 15.8. The molecule has 1 aromatic carbocycles. The van der Waals surface area contributed by atoms with Crippen LogP contribution in [-0.4, -0.2) is 21.6 Å². The van der Waals surface area contributed by atoms with E-state index in [0.29, 0.717) is 24.3 Å². The minimum atomic E-state index is -0.574. The number of hydrogen-bond acceptors (Lipinski definition) is 5. The fraction of sp³-hybridized carbons (Fsp3) is 0.360. The van der Waals surface area contributed by atoms with E-state index in [1.54, 1.807) is 12.4 Å². The van der Waals surface area contributed by atoms with Gasteiger partial charge in [0.1, 0.15) is 11.5 Å². The maximum atomic E-state index is 13.7. The van der Waals surface area contributed by atoms with Crippen molar-refractivity contribution in [2.75, 3.05) is 0 Å². The van der Waals surface area contributed by atoms with Gasteiger partial charge in [-0.2, -0.15) is 0 Å². The molecule has 0 bridgehead atoms. The maximum absolute atomic E-state index is 13.7. The summed E-state index contributed by atoms with van der Waals surface area (Å²) in [5.74, 6) is -0.787. The third-order valence-corrected chi connectivity index (χ3v) is 5.14. The SMILES string of the molecule is CC(C)OCc1cc(C(=O)NCc2cc(F)cc(N=O)c2)c(C(C)C)n1Cc1cccnc1. The van der Waals surface area contributed by atoms with Gasteiger partial charge in [-0.3, -0.25) is 9.78 Å². The van der Waals surface area contributed by atoms with Crippen molar-refractivity contribution in [2.45, 2.75) is 59.4 Å². The molecule has 2 aromatic heterocycles. The first kappa shape index (κ1) is 24.3. The average Bonchev–Trinajstić information content (AvgIpc) is 3.14. The van der Waals surface area contributed by atoms with Crippen LogP contribution in [0.2, 0.25) is 0 Å². The lowest BCUT2D eigenvalue weighted by atomic mass is 10.0. The third kappa shape index (κ3) is 6.32. The van der Waals surface area contributed by atoms with Crippen molar-refractivity contribution in [3.63, 3.8) is 0 Å². The maximum Gasteiger partial charge on any atom is 0.253 e. The summed E-state index contributed by atoms with van der Waals surface area (Å²) >= 11 is 0. The lowest BCUT2D eigenvalue weighted by Crippen LogP contribution is -2.24. The molecule has 0 aliphatic carbocycles. The van der Waals surface area contributed by atoms with Crippen LogP contribution in [0.4, 0.5) is 10.1 Å². The van der Waals surface area contributed by atoms with Crippen LogP contribution in [0.5, 0.6) is 0 Å². The number of nitrogens with one attached hydrogen (secondary N) is 1. The number of carbonyl (C=O) groups excluding carboxylic acids is 1. The standard InChI is InChI=1S/C25H29FN4O3/c1-16(2)24-23(25(31)28-13-19-8-20(26)10-21(9-19)29-32)11-22(15-33-17(3)4)30(24)14-18-6-5-7-27-12-18/h5-12,16-17H,13-15H2,1-4H3,(H,28,31). The lowest BCUT2D eigenvalue weighted by Gasteiger charge is -2.18. The molecule has 0 saturated carbocycles. The molecule has 174 valence electrons. The Morgan fingerprint density at radius 3 is 2.61 bits per heavy atom. The van der Waals surface area contributed by atoms with E-state index in [-0.39, 0.29) is 30.2 Å². The van der Waals surface area contributed by atoms with Gasteiger partial charge in [-0.05, 0) is 60.3 Å². The van der Waals surface area contributed by atoms with Crippen molar-refractivity contribution >= 4 is 11.6 Å². The Morgan fingerprint density at radius 2 is 1.97 bits per heavy atom. The van der Waals surface area contributed by atoms with Gasteiger partial charge in [0, 0.05) is 42.9 Å². The zero-order valence-electron chi connectivity index (χ0n) is 19.3. The second kappa shape index (κ2) is 11.0. The molecule has 3 rings (SSSR count). The van der Waals surface area contributed by atoms with Gasteiger partial charge in [0.05, 0.1) is 18.3 Å². The van der Waals surface area contributed by atoms with Crippen molar-refractivity contribution < 1.29 is 13.9 Å². The monoisotopic (exact) mass is 452 g/mol. The third-order valence-electron chi connectivity index (χ3n) is 5.14. The first-order valence-corrected chi connectivity index (χ1v) is 10.9. The fourth-order valence-corrected chi connectivity index (χ4v) is 3.72. The Morgan fingerprint density at radius 1 is 1.18 bits per heavy atom. The van der Waals surface area contributed by atoms with Gasteiger partial charge in [-0.1, -0.05) is 19.9 Å². The van der Waals surface area contributed by atoms with Crippen molar-refractivity contribution in [1.82, 2.24) is 14.9 Å².